The number of allylic oxidation sites excluding steroid dienone is 1. The van der Waals surface area contributed by atoms with Crippen LogP contribution in [-0.2, 0) is 4.79 Å². The average molecular weight is 235 g/mol. The summed E-state index contributed by atoms with van der Waals surface area (Å²) in [6.45, 7) is 1.69. The van der Waals surface area contributed by atoms with Crippen molar-refractivity contribution in [2.24, 2.45) is 5.92 Å². The third-order valence-electron chi connectivity index (χ3n) is 2.80. The Kier molecular flexibility index (Phi) is 4.38. The number of carbonyl (C=O) groups excluding carboxylic acids is 1. The second-order valence-corrected chi connectivity index (χ2v) is 4.11. The molecule has 0 saturated heterocycles. The Morgan fingerprint density at radius 3 is 2.62 bits per heavy atom. The average Bonchev–Trinajstić information content (AvgIpc) is 2.17. The molecule has 0 spiro atoms. The van der Waals surface area contributed by atoms with Crippen LogP contribution in [0.3, 0.4) is 0 Å². The molecule has 2 unspecified atom stereocenters. The van der Waals surface area contributed by atoms with Gasteiger partial charge in [-0.25, -0.2) is 0 Å². The molecule has 0 bridgehead atoms. The molecule has 0 heterocycles. The molecule has 0 aliphatic heterocycles. The summed E-state index contributed by atoms with van der Waals surface area (Å²) in [7, 11) is 0. The van der Waals surface area contributed by atoms with Crippen LogP contribution in [0, 0.1) is 5.92 Å². The predicted octanol–water partition coefficient (Wildman–Crippen LogP) is 2.80. The molecule has 0 aromatic rings. The molecule has 16 heavy (non-hydrogen) atoms. The number of halogens is 3. The minimum Gasteiger partial charge on any atom is -0.350 e. The van der Waals surface area contributed by atoms with Crippen LogP contribution in [0.25, 0.3) is 0 Å². The monoisotopic (exact) mass is 235 g/mol. The van der Waals surface area contributed by atoms with E-state index in [1.165, 1.54) is 6.08 Å². The number of amides is 1. The van der Waals surface area contributed by atoms with Crippen LogP contribution in [0.5, 0.6) is 0 Å². The second kappa shape index (κ2) is 5.37. The zero-order chi connectivity index (χ0) is 12.2. The fraction of sp³-hybridized carbons (Fsp3) is 0.727. The molecule has 1 fully saturated rings. The first-order valence-electron chi connectivity index (χ1n) is 5.43. The molecule has 0 aromatic carbocycles. The first-order valence-corrected chi connectivity index (χ1v) is 5.43. The van der Waals surface area contributed by atoms with E-state index >= 15 is 0 Å². The fourth-order valence-corrected chi connectivity index (χ4v) is 2.02. The van der Waals surface area contributed by atoms with Gasteiger partial charge in [0, 0.05) is 6.04 Å². The van der Waals surface area contributed by atoms with Gasteiger partial charge in [-0.1, -0.05) is 12.5 Å². The van der Waals surface area contributed by atoms with Crippen LogP contribution in [0.15, 0.2) is 12.2 Å². The highest BCUT2D eigenvalue weighted by Crippen LogP contribution is 2.37. The van der Waals surface area contributed by atoms with Gasteiger partial charge in [-0.2, -0.15) is 13.2 Å². The van der Waals surface area contributed by atoms with Crippen molar-refractivity contribution in [3.63, 3.8) is 0 Å². The van der Waals surface area contributed by atoms with Gasteiger partial charge in [0.05, 0.1) is 5.92 Å². The van der Waals surface area contributed by atoms with E-state index in [2.05, 4.69) is 5.32 Å². The molecular formula is C11H16F3NO. The van der Waals surface area contributed by atoms with Crippen molar-refractivity contribution in [2.45, 2.75) is 44.8 Å². The molecular weight excluding hydrogens is 219 g/mol. The van der Waals surface area contributed by atoms with Crippen molar-refractivity contribution < 1.29 is 18.0 Å². The van der Waals surface area contributed by atoms with Crippen molar-refractivity contribution in [1.29, 1.82) is 0 Å². The van der Waals surface area contributed by atoms with E-state index < -0.39 is 12.1 Å². The lowest BCUT2D eigenvalue weighted by Crippen LogP contribution is -2.40. The van der Waals surface area contributed by atoms with Crippen LogP contribution < -0.4 is 5.32 Å². The number of rotatable bonds is 2. The SMILES string of the molecule is CC=CC(=O)NC1CCCC(C(F)(F)F)C1. The molecule has 1 saturated carbocycles. The minimum absolute atomic E-state index is 0.00674. The van der Waals surface area contributed by atoms with E-state index in [1.807, 2.05) is 0 Å². The quantitative estimate of drug-likeness (QED) is 0.733. The van der Waals surface area contributed by atoms with Crippen LogP contribution in [0.1, 0.15) is 32.6 Å². The summed E-state index contributed by atoms with van der Waals surface area (Å²) >= 11 is 0. The number of carbonyl (C=O) groups is 1. The predicted molar refractivity (Wildman–Crippen MR) is 54.8 cm³/mol. The highest BCUT2D eigenvalue weighted by molar-refractivity contribution is 5.87. The van der Waals surface area contributed by atoms with Crippen LogP contribution in [0.4, 0.5) is 13.2 Å². The van der Waals surface area contributed by atoms with Crippen molar-refractivity contribution in [3.8, 4) is 0 Å². The van der Waals surface area contributed by atoms with Gasteiger partial charge in [-0.3, -0.25) is 4.79 Å². The number of nitrogens with one attached hydrogen (secondary N) is 1. The van der Waals surface area contributed by atoms with E-state index in [1.54, 1.807) is 13.0 Å². The molecule has 92 valence electrons. The number of hydrogen-bond donors (Lipinski definition) is 1. The molecule has 0 radical (unpaired) electrons. The van der Waals surface area contributed by atoms with Crippen LogP contribution in [0.2, 0.25) is 0 Å². The molecule has 0 aromatic heterocycles. The van der Waals surface area contributed by atoms with Gasteiger partial charge in [0.1, 0.15) is 0 Å². The summed E-state index contributed by atoms with van der Waals surface area (Å²) in [5, 5.41) is 2.60. The summed E-state index contributed by atoms with van der Waals surface area (Å²) in [6, 6.07) is -0.343. The Labute approximate surface area is 92.9 Å². The lowest BCUT2D eigenvalue weighted by molar-refractivity contribution is -0.184. The standard InChI is InChI=1S/C11H16F3NO/c1-2-4-10(16)15-9-6-3-5-8(7-9)11(12,13)14/h2,4,8-9H,3,5-7H2,1H3,(H,15,16). The van der Waals surface area contributed by atoms with Crippen molar-refractivity contribution in [1.82, 2.24) is 5.32 Å². The topological polar surface area (TPSA) is 29.1 Å². The number of alkyl halides is 3. The van der Waals surface area contributed by atoms with E-state index in [0.717, 1.165) is 0 Å². The van der Waals surface area contributed by atoms with Gasteiger partial charge < -0.3 is 5.32 Å². The lowest BCUT2D eigenvalue weighted by atomic mass is 9.85. The van der Waals surface area contributed by atoms with Gasteiger partial charge in [0.15, 0.2) is 0 Å². The van der Waals surface area contributed by atoms with Gasteiger partial charge >= 0.3 is 6.18 Å². The minimum atomic E-state index is -4.13. The molecule has 2 atom stereocenters. The Morgan fingerprint density at radius 2 is 2.06 bits per heavy atom. The van der Waals surface area contributed by atoms with Crippen LogP contribution >= 0.6 is 0 Å². The summed E-state index contributed by atoms with van der Waals surface area (Å²) < 4.78 is 37.4. The van der Waals surface area contributed by atoms with Gasteiger partial charge in [0.2, 0.25) is 5.91 Å². The first kappa shape index (κ1) is 13.1. The Bertz CT molecular complexity index is 273. The Morgan fingerprint density at radius 1 is 1.38 bits per heavy atom. The van der Waals surface area contributed by atoms with E-state index in [0.29, 0.717) is 12.8 Å². The smallest absolute Gasteiger partial charge is 0.350 e. The summed E-state index contributed by atoms with van der Waals surface area (Å²) in [6.07, 6.45) is 0.105. The van der Waals surface area contributed by atoms with Crippen LogP contribution in [-0.4, -0.2) is 18.1 Å². The summed E-state index contributed by atoms with van der Waals surface area (Å²) in [4.78, 5) is 11.2. The Hall–Kier alpha value is -1.00. The van der Waals surface area contributed by atoms with Crippen molar-refractivity contribution in [3.05, 3.63) is 12.2 Å². The number of hydrogen-bond acceptors (Lipinski definition) is 1. The largest absolute Gasteiger partial charge is 0.391 e. The molecule has 1 amide bonds. The van der Waals surface area contributed by atoms with Crippen molar-refractivity contribution in [2.75, 3.05) is 0 Å². The highest BCUT2D eigenvalue weighted by Gasteiger charge is 2.42. The second-order valence-electron chi connectivity index (χ2n) is 4.11. The Balaban J connectivity index is 2.48. The third kappa shape index (κ3) is 3.87. The van der Waals surface area contributed by atoms with E-state index in [4.69, 9.17) is 0 Å². The molecule has 5 heteroatoms. The maximum atomic E-state index is 12.5. The molecule has 1 aliphatic carbocycles. The van der Waals surface area contributed by atoms with Gasteiger partial charge in [-0.15, -0.1) is 0 Å². The van der Waals surface area contributed by atoms with E-state index in [9.17, 15) is 18.0 Å². The van der Waals surface area contributed by atoms with Crippen molar-refractivity contribution >= 4 is 5.91 Å². The van der Waals surface area contributed by atoms with Gasteiger partial charge in [-0.05, 0) is 32.3 Å². The molecule has 1 aliphatic rings. The zero-order valence-corrected chi connectivity index (χ0v) is 9.18. The molecule has 1 rings (SSSR count). The lowest BCUT2D eigenvalue weighted by Gasteiger charge is -2.30. The highest BCUT2D eigenvalue weighted by atomic mass is 19.4. The fourth-order valence-electron chi connectivity index (χ4n) is 2.02. The molecule has 1 N–H and O–H groups in total. The molecule has 2 nitrogen and oxygen atoms in total. The maximum absolute atomic E-state index is 12.5. The maximum Gasteiger partial charge on any atom is 0.391 e. The zero-order valence-electron chi connectivity index (χ0n) is 9.18. The first-order chi connectivity index (χ1) is 7.43. The summed E-state index contributed by atoms with van der Waals surface area (Å²) in [5.41, 5.74) is 0. The normalized spacial score (nSPS) is 27.0. The third-order valence-corrected chi connectivity index (χ3v) is 2.80. The van der Waals surface area contributed by atoms with E-state index in [-0.39, 0.29) is 24.8 Å². The summed E-state index contributed by atoms with van der Waals surface area (Å²) in [5.74, 6) is -1.58. The van der Waals surface area contributed by atoms with Gasteiger partial charge in [0.25, 0.3) is 0 Å².